The predicted octanol–water partition coefficient (Wildman–Crippen LogP) is 3.05. The van der Waals surface area contributed by atoms with Gasteiger partial charge in [0.2, 0.25) is 0 Å². The number of hydrogen-bond acceptors (Lipinski definition) is 4. The summed E-state index contributed by atoms with van der Waals surface area (Å²) in [6.07, 6.45) is 2.32. The fraction of sp³-hybridized carbons (Fsp3) is 0.474. The highest BCUT2D eigenvalue weighted by molar-refractivity contribution is 5.65. The van der Waals surface area contributed by atoms with Crippen LogP contribution in [-0.4, -0.2) is 22.4 Å². The molecule has 0 amide bonds. The molecule has 2 rings (SSSR count). The van der Waals surface area contributed by atoms with Crippen LogP contribution < -0.4 is 11.5 Å². The van der Waals surface area contributed by atoms with Gasteiger partial charge in [-0.2, -0.15) is 0 Å². The molecule has 0 aromatic heterocycles. The Hall–Kier alpha value is -1.78. The van der Waals surface area contributed by atoms with Crippen molar-refractivity contribution in [2.24, 2.45) is 5.73 Å². The molecule has 23 heavy (non-hydrogen) atoms. The van der Waals surface area contributed by atoms with Gasteiger partial charge in [-0.3, -0.25) is 0 Å². The van der Waals surface area contributed by atoms with Gasteiger partial charge in [-0.15, -0.1) is 0 Å². The van der Waals surface area contributed by atoms with Gasteiger partial charge >= 0.3 is 0 Å². The van der Waals surface area contributed by atoms with E-state index in [1.54, 1.807) is 0 Å². The lowest BCUT2D eigenvalue weighted by Gasteiger charge is -2.32. The van der Waals surface area contributed by atoms with Crippen LogP contribution in [0.25, 0.3) is 0 Å². The molecule has 1 aliphatic carbocycles. The van der Waals surface area contributed by atoms with Crippen molar-refractivity contribution < 1.29 is 10.2 Å². The van der Waals surface area contributed by atoms with E-state index in [0.29, 0.717) is 5.69 Å². The smallest absolute Gasteiger partial charge is 0.141 e. The second-order valence-electron chi connectivity index (χ2n) is 6.63. The van der Waals surface area contributed by atoms with Crippen molar-refractivity contribution in [2.45, 2.75) is 59.1 Å². The highest BCUT2D eigenvalue weighted by atomic mass is 16.3. The molecule has 0 spiro atoms. The Morgan fingerprint density at radius 3 is 2.39 bits per heavy atom. The predicted molar refractivity (Wildman–Crippen MR) is 95.5 cm³/mol. The minimum Gasteiger partial charge on any atom is -0.506 e. The van der Waals surface area contributed by atoms with Crippen LogP contribution in [0.15, 0.2) is 28.9 Å². The zero-order valence-corrected chi connectivity index (χ0v) is 14.6. The summed E-state index contributed by atoms with van der Waals surface area (Å²) >= 11 is 0. The minimum atomic E-state index is -0.621. The van der Waals surface area contributed by atoms with Crippen LogP contribution in [0.2, 0.25) is 0 Å². The number of nitrogen functional groups attached to an aromatic ring is 1. The van der Waals surface area contributed by atoms with Gasteiger partial charge in [0.25, 0.3) is 0 Å². The van der Waals surface area contributed by atoms with Crippen molar-refractivity contribution in [1.82, 2.24) is 0 Å². The summed E-state index contributed by atoms with van der Waals surface area (Å²) < 4.78 is 0. The van der Waals surface area contributed by atoms with E-state index < -0.39 is 6.10 Å². The molecular formula is C19H28N2O2. The first-order valence-corrected chi connectivity index (χ1v) is 8.11. The van der Waals surface area contributed by atoms with Crippen LogP contribution in [0.5, 0.6) is 5.75 Å². The minimum absolute atomic E-state index is 0.144. The molecule has 0 radical (unpaired) electrons. The molecule has 1 aliphatic rings. The zero-order valence-electron chi connectivity index (χ0n) is 14.6. The molecule has 0 aliphatic heterocycles. The Kier molecular flexibility index (Phi) is 4.87. The van der Waals surface area contributed by atoms with Crippen molar-refractivity contribution in [3.63, 3.8) is 0 Å². The second-order valence-corrected chi connectivity index (χ2v) is 6.63. The van der Waals surface area contributed by atoms with E-state index in [0.717, 1.165) is 39.8 Å². The Labute approximate surface area is 138 Å². The fourth-order valence-corrected chi connectivity index (χ4v) is 3.46. The van der Waals surface area contributed by atoms with Gasteiger partial charge in [0.15, 0.2) is 0 Å². The van der Waals surface area contributed by atoms with Crippen LogP contribution in [0, 0.1) is 13.8 Å². The van der Waals surface area contributed by atoms with Gasteiger partial charge in [-0.25, -0.2) is 0 Å². The molecule has 126 valence electrons. The normalized spacial score (nSPS) is 23.0. The summed E-state index contributed by atoms with van der Waals surface area (Å²) in [7, 11) is 0. The summed E-state index contributed by atoms with van der Waals surface area (Å²) in [6.45, 7) is 9.83. The maximum Gasteiger partial charge on any atom is 0.141 e. The Bertz CT molecular complexity index is 689. The van der Waals surface area contributed by atoms with E-state index in [1.165, 1.54) is 0 Å². The molecule has 6 N–H and O–H groups in total. The third-order valence-corrected chi connectivity index (χ3v) is 5.14. The van der Waals surface area contributed by atoms with Gasteiger partial charge in [0.05, 0.1) is 17.8 Å². The first-order valence-electron chi connectivity index (χ1n) is 8.11. The monoisotopic (exact) mass is 316 g/mol. The molecule has 3 unspecified atom stereocenters. The number of benzene rings is 1. The average molecular weight is 316 g/mol. The standard InChI is InChI=1S/C19H28N2O2/c1-6-13(14-7-9(2)18(22)16(20)11(14)4)15-8-10(3)19(23)17(21)12(15)5/h7-8,13,16,18,22-23H,6,20-21H2,1-5H3. The summed E-state index contributed by atoms with van der Waals surface area (Å²) in [5.41, 5.74) is 18.5. The van der Waals surface area contributed by atoms with E-state index in [-0.39, 0.29) is 17.7 Å². The maximum absolute atomic E-state index is 10.2. The van der Waals surface area contributed by atoms with E-state index in [4.69, 9.17) is 11.5 Å². The van der Waals surface area contributed by atoms with Gasteiger partial charge in [-0.1, -0.05) is 19.1 Å². The number of aliphatic hydroxyl groups excluding tert-OH is 1. The van der Waals surface area contributed by atoms with E-state index in [9.17, 15) is 10.2 Å². The Balaban J connectivity index is 2.62. The maximum atomic E-state index is 10.2. The van der Waals surface area contributed by atoms with E-state index in [1.807, 2.05) is 33.8 Å². The highest BCUT2D eigenvalue weighted by Gasteiger charge is 2.29. The number of hydrogen-bond donors (Lipinski definition) is 4. The van der Waals surface area contributed by atoms with Crippen LogP contribution in [0.1, 0.15) is 49.8 Å². The van der Waals surface area contributed by atoms with Gasteiger partial charge < -0.3 is 21.7 Å². The molecule has 0 saturated carbocycles. The average Bonchev–Trinajstić information content (AvgIpc) is 2.53. The fourth-order valence-electron chi connectivity index (χ4n) is 3.46. The first kappa shape index (κ1) is 17.6. The van der Waals surface area contributed by atoms with Crippen molar-refractivity contribution in [3.05, 3.63) is 45.6 Å². The molecule has 0 saturated heterocycles. The highest BCUT2D eigenvalue weighted by Crippen LogP contribution is 2.41. The molecule has 0 heterocycles. The Morgan fingerprint density at radius 1 is 1.22 bits per heavy atom. The van der Waals surface area contributed by atoms with Crippen LogP contribution in [-0.2, 0) is 0 Å². The summed E-state index contributed by atoms with van der Waals surface area (Å²) in [5.74, 6) is 0.305. The molecule has 0 fully saturated rings. The number of aryl methyl sites for hydroxylation is 1. The van der Waals surface area contributed by atoms with Crippen LogP contribution in [0.3, 0.4) is 0 Å². The summed E-state index contributed by atoms with van der Waals surface area (Å²) in [5, 5.41) is 20.2. The van der Waals surface area contributed by atoms with Crippen LogP contribution >= 0.6 is 0 Å². The van der Waals surface area contributed by atoms with Crippen molar-refractivity contribution >= 4 is 5.69 Å². The number of anilines is 1. The Morgan fingerprint density at radius 2 is 1.83 bits per heavy atom. The zero-order chi connectivity index (χ0) is 17.5. The number of nitrogens with two attached hydrogens (primary N) is 2. The number of phenolic OH excluding ortho intramolecular Hbond substituents is 1. The third kappa shape index (κ3) is 2.89. The largest absolute Gasteiger partial charge is 0.506 e. The molecule has 0 bridgehead atoms. The van der Waals surface area contributed by atoms with Crippen LogP contribution in [0.4, 0.5) is 5.69 Å². The summed E-state index contributed by atoms with van der Waals surface area (Å²) in [4.78, 5) is 0. The lowest BCUT2D eigenvalue weighted by atomic mass is 9.77. The van der Waals surface area contributed by atoms with Gasteiger partial charge in [0.1, 0.15) is 5.75 Å². The molecule has 4 nitrogen and oxygen atoms in total. The number of aromatic hydroxyl groups is 1. The van der Waals surface area contributed by atoms with Crippen molar-refractivity contribution in [3.8, 4) is 5.75 Å². The topological polar surface area (TPSA) is 92.5 Å². The quantitative estimate of drug-likeness (QED) is 0.509. The molecule has 1 aromatic carbocycles. The second kappa shape index (κ2) is 6.38. The van der Waals surface area contributed by atoms with Gasteiger partial charge in [-0.05, 0) is 67.5 Å². The molecule has 3 atom stereocenters. The number of aliphatic hydroxyl groups is 1. The summed E-state index contributed by atoms with van der Waals surface area (Å²) in [6, 6.07) is 1.63. The van der Waals surface area contributed by atoms with Gasteiger partial charge in [0, 0.05) is 5.92 Å². The third-order valence-electron chi connectivity index (χ3n) is 5.14. The van der Waals surface area contributed by atoms with Crippen molar-refractivity contribution in [2.75, 3.05) is 5.73 Å². The SMILES string of the molecule is CCC(C1=C(C)C(N)C(O)C(C)=C1)c1cc(C)c(O)c(N)c1C. The molecule has 4 heteroatoms. The number of phenols is 1. The molecular weight excluding hydrogens is 288 g/mol. The van der Waals surface area contributed by atoms with Crippen molar-refractivity contribution in [1.29, 1.82) is 0 Å². The lowest BCUT2D eigenvalue weighted by molar-refractivity contribution is 0.189. The van der Waals surface area contributed by atoms with E-state index >= 15 is 0 Å². The number of allylic oxidation sites excluding steroid dienone is 2. The van der Waals surface area contributed by atoms with E-state index in [2.05, 4.69) is 13.0 Å². The first-order chi connectivity index (χ1) is 10.7. The lowest BCUT2D eigenvalue weighted by Crippen LogP contribution is -2.39. The molecule has 1 aromatic rings. The number of rotatable bonds is 3.